The number of carbonyl (C=O) groups is 2. The highest BCUT2D eigenvalue weighted by atomic mass is 35.5. The number of nitrogens with one attached hydrogen (secondary N) is 3. The molecule has 5 nitrogen and oxygen atoms in total. The molecule has 2 amide bonds. The zero-order valence-corrected chi connectivity index (χ0v) is 15.3. The molecule has 0 saturated carbocycles. The third kappa shape index (κ3) is 8.21. The minimum atomic E-state index is -0.542. The molecule has 1 aromatic carbocycles. The van der Waals surface area contributed by atoms with Crippen molar-refractivity contribution >= 4 is 35.8 Å². The lowest BCUT2D eigenvalue weighted by molar-refractivity contribution is -0.123. The molecule has 0 aliphatic rings. The smallest absolute Gasteiger partial charge is 0.251 e. The molecule has 130 valence electrons. The van der Waals surface area contributed by atoms with E-state index in [1.807, 2.05) is 20.9 Å². The minimum Gasteiger partial charge on any atom is -0.353 e. The van der Waals surface area contributed by atoms with Crippen LogP contribution in [0.4, 0.5) is 0 Å². The molecule has 0 spiro atoms. The molecule has 1 aromatic rings. The van der Waals surface area contributed by atoms with Gasteiger partial charge in [0.05, 0.1) is 0 Å². The first-order valence-corrected chi connectivity index (χ1v) is 7.80. The molecule has 1 unspecified atom stereocenters. The summed E-state index contributed by atoms with van der Waals surface area (Å²) in [5.74, 6) is -0.136. The summed E-state index contributed by atoms with van der Waals surface area (Å²) in [6, 6.07) is 6.05. The maximum atomic E-state index is 12.2. The lowest BCUT2D eigenvalue weighted by atomic mass is 10.0. The van der Waals surface area contributed by atoms with E-state index in [0.29, 0.717) is 36.0 Å². The van der Waals surface area contributed by atoms with Gasteiger partial charge in [-0.15, -0.1) is 12.4 Å². The Balaban J connectivity index is 0.00000484. The van der Waals surface area contributed by atoms with E-state index in [1.54, 1.807) is 24.3 Å². The van der Waals surface area contributed by atoms with Crippen molar-refractivity contribution in [2.75, 3.05) is 20.1 Å². The summed E-state index contributed by atoms with van der Waals surface area (Å²) in [7, 11) is 1.82. The van der Waals surface area contributed by atoms with Gasteiger partial charge in [-0.2, -0.15) is 0 Å². The topological polar surface area (TPSA) is 70.2 Å². The van der Waals surface area contributed by atoms with Gasteiger partial charge in [-0.25, -0.2) is 0 Å². The van der Waals surface area contributed by atoms with E-state index < -0.39 is 6.04 Å². The van der Waals surface area contributed by atoms with E-state index in [0.717, 1.165) is 0 Å². The molecule has 0 fully saturated rings. The first kappa shape index (κ1) is 21.7. The second-order valence-electron chi connectivity index (χ2n) is 5.56. The molecule has 1 atom stereocenters. The Bertz CT molecular complexity index is 493. The van der Waals surface area contributed by atoms with Crippen LogP contribution >= 0.6 is 24.0 Å². The molecule has 1 rings (SSSR count). The number of halogens is 2. The first-order chi connectivity index (χ1) is 10.4. The molecule has 0 aromatic heterocycles. The molecule has 0 saturated heterocycles. The Hall–Kier alpha value is -1.30. The SMILES string of the molecule is CNCCNC(=O)C(CC(C)C)NC(=O)c1ccc(Cl)cc1.Cl. The lowest BCUT2D eigenvalue weighted by Gasteiger charge is -2.20. The summed E-state index contributed by atoms with van der Waals surface area (Å²) < 4.78 is 0. The van der Waals surface area contributed by atoms with Crippen molar-refractivity contribution in [1.29, 1.82) is 0 Å². The summed E-state index contributed by atoms with van der Waals surface area (Å²) in [5, 5.41) is 9.14. The number of hydrogen-bond acceptors (Lipinski definition) is 3. The average molecular weight is 362 g/mol. The summed E-state index contributed by atoms with van der Waals surface area (Å²) in [6.07, 6.45) is 0.588. The number of rotatable bonds is 8. The van der Waals surface area contributed by atoms with Crippen molar-refractivity contribution in [3.05, 3.63) is 34.9 Å². The molecule has 3 N–H and O–H groups in total. The molecular formula is C16H25Cl2N3O2. The molecule has 23 heavy (non-hydrogen) atoms. The second-order valence-corrected chi connectivity index (χ2v) is 5.99. The highest BCUT2D eigenvalue weighted by Gasteiger charge is 2.22. The fourth-order valence-corrected chi connectivity index (χ4v) is 2.11. The van der Waals surface area contributed by atoms with Crippen molar-refractivity contribution in [3.63, 3.8) is 0 Å². The maximum Gasteiger partial charge on any atom is 0.251 e. The van der Waals surface area contributed by atoms with Gasteiger partial charge >= 0.3 is 0 Å². The quantitative estimate of drug-likeness (QED) is 0.621. The summed E-state index contributed by atoms with van der Waals surface area (Å²) in [4.78, 5) is 24.4. The van der Waals surface area contributed by atoms with Gasteiger partial charge in [0.2, 0.25) is 5.91 Å². The monoisotopic (exact) mass is 361 g/mol. The Kier molecular flexibility index (Phi) is 10.6. The number of hydrogen-bond donors (Lipinski definition) is 3. The number of carbonyl (C=O) groups excluding carboxylic acids is 2. The molecule has 0 bridgehead atoms. The number of likely N-dealkylation sites (N-methyl/N-ethyl adjacent to an activating group) is 1. The molecule has 0 radical (unpaired) electrons. The zero-order chi connectivity index (χ0) is 16.5. The third-order valence-electron chi connectivity index (χ3n) is 3.11. The van der Waals surface area contributed by atoms with Gasteiger partial charge in [-0.1, -0.05) is 25.4 Å². The Morgan fingerprint density at radius 3 is 2.26 bits per heavy atom. The molecule has 7 heteroatoms. The van der Waals surface area contributed by atoms with Crippen molar-refractivity contribution in [3.8, 4) is 0 Å². The van der Waals surface area contributed by atoms with Gasteiger partial charge in [0.15, 0.2) is 0 Å². The summed E-state index contributed by atoms with van der Waals surface area (Å²) in [5.41, 5.74) is 0.487. The fourth-order valence-electron chi connectivity index (χ4n) is 1.98. The van der Waals surface area contributed by atoms with Crippen LogP contribution in [-0.2, 0) is 4.79 Å². The van der Waals surface area contributed by atoms with Crippen molar-refractivity contribution in [1.82, 2.24) is 16.0 Å². The van der Waals surface area contributed by atoms with Crippen LogP contribution in [0.5, 0.6) is 0 Å². The van der Waals surface area contributed by atoms with Gasteiger partial charge in [-0.3, -0.25) is 9.59 Å². The van der Waals surface area contributed by atoms with E-state index >= 15 is 0 Å². The predicted octanol–water partition coefficient (Wildman–Crippen LogP) is 2.24. The van der Waals surface area contributed by atoms with Crippen molar-refractivity contribution < 1.29 is 9.59 Å². The second kappa shape index (κ2) is 11.3. The van der Waals surface area contributed by atoms with E-state index in [9.17, 15) is 9.59 Å². The highest BCUT2D eigenvalue weighted by Crippen LogP contribution is 2.11. The van der Waals surface area contributed by atoms with Crippen LogP contribution < -0.4 is 16.0 Å². The summed E-state index contributed by atoms with van der Waals surface area (Å²) >= 11 is 5.81. The van der Waals surface area contributed by atoms with E-state index in [2.05, 4.69) is 16.0 Å². The van der Waals surface area contributed by atoms with Crippen molar-refractivity contribution in [2.45, 2.75) is 26.3 Å². The Morgan fingerprint density at radius 2 is 1.74 bits per heavy atom. The molecule has 0 aliphatic heterocycles. The standard InChI is InChI=1S/C16H24ClN3O2.ClH/c1-11(2)10-14(16(22)19-9-8-18-3)20-15(21)12-4-6-13(17)7-5-12;/h4-7,11,14,18H,8-10H2,1-3H3,(H,19,22)(H,20,21);1H. The minimum absolute atomic E-state index is 0. The predicted molar refractivity (Wildman–Crippen MR) is 96.3 cm³/mol. The largest absolute Gasteiger partial charge is 0.353 e. The van der Waals surface area contributed by atoms with E-state index in [1.165, 1.54) is 0 Å². The molecular weight excluding hydrogens is 337 g/mol. The van der Waals surface area contributed by atoms with Gasteiger partial charge < -0.3 is 16.0 Å². The van der Waals surface area contributed by atoms with Crippen LogP contribution in [0.25, 0.3) is 0 Å². The van der Waals surface area contributed by atoms with Gasteiger partial charge in [0.1, 0.15) is 6.04 Å². The number of benzene rings is 1. The molecule has 0 aliphatic carbocycles. The van der Waals surface area contributed by atoms with Crippen LogP contribution in [0.3, 0.4) is 0 Å². The van der Waals surface area contributed by atoms with Crippen LogP contribution in [0.2, 0.25) is 5.02 Å². The third-order valence-corrected chi connectivity index (χ3v) is 3.36. The summed E-state index contributed by atoms with van der Waals surface area (Å²) in [6.45, 7) is 5.25. The Labute approximate surface area is 149 Å². The fraction of sp³-hybridized carbons (Fsp3) is 0.500. The number of amides is 2. The average Bonchev–Trinajstić information content (AvgIpc) is 2.46. The lowest BCUT2D eigenvalue weighted by Crippen LogP contribution is -2.48. The molecule has 0 heterocycles. The van der Waals surface area contributed by atoms with Gasteiger partial charge in [0, 0.05) is 23.7 Å². The normalized spacial score (nSPS) is 11.5. The van der Waals surface area contributed by atoms with Gasteiger partial charge in [0.25, 0.3) is 5.91 Å². The van der Waals surface area contributed by atoms with E-state index in [4.69, 9.17) is 11.6 Å². The maximum absolute atomic E-state index is 12.2. The Morgan fingerprint density at radius 1 is 1.13 bits per heavy atom. The zero-order valence-electron chi connectivity index (χ0n) is 13.7. The van der Waals surface area contributed by atoms with Crippen LogP contribution in [0.1, 0.15) is 30.6 Å². The van der Waals surface area contributed by atoms with E-state index in [-0.39, 0.29) is 24.2 Å². The first-order valence-electron chi connectivity index (χ1n) is 7.42. The van der Waals surface area contributed by atoms with Crippen LogP contribution in [0.15, 0.2) is 24.3 Å². The van der Waals surface area contributed by atoms with Crippen molar-refractivity contribution in [2.24, 2.45) is 5.92 Å². The van der Waals surface area contributed by atoms with Crippen LogP contribution in [0, 0.1) is 5.92 Å². The highest BCUT2D eigenvalue weighted by molar-refractivity contribution is 6.30. The van der Waals surface area contributed by atoms with Gasteiger partial charge in [-0.05, 0) is 43.7 Å². The van der Waals surface area contributed by atoms with Crippen LogP contribution in [-0.4, -0.2) is 38.0 Å².